The van der Waals surface area contributed by atoms with E-state index in [1.807, 2.05) is 0 Å². The van der Waals surface area contributed by atoms with Crippen molar-refractivity contribution in [1.29, 1.82) is 0 Å². The van der Waals surface area contributed by atoms with Crippen molar-refractivity contribution in [2.45, 2.75) is 37.8 Å². The maximum Gasteiger partial charge on any atom is 0.258 e. The number of hydrogen-bond acceptors (Lipinski definition) is 4. The number of amides is 1. The smallest absolute Gasteiger partial charge is 0.258 e. The molecular formula is C14H20N2O3. The highest BCUT2D eigenvalue weighted by Gasteiger charge is 2.24. The van der Waals surface area contributed by atoms with Crippen LogP contribution in [0, 0.1) is 0 Å². The lowest BCUT2D eigenvalue weighted by molar-refractivity contribution is -0.125. The molecule has 1 aromatic carbocycles. The minimum atomic E-state index is -0.436. The van der Waals surface area contributed by atoms with Crippen molar-refractivity contribution in [2.24, 2.45) is 0 Å². The van der Waals surface area contributed by atoms with Gasteiger partial charge in [0.1, 0.15) is 5.75 Å². The Balaban J connectivity index is 1.76. The SMILES string of the molecule is Nc1ccc(OCC(=O)N[C@@H]2CCCC[C@H]2O)cc1. The van der Waals surface area contributed by atoms with Crippen molar-refractivity contribution in [2.75, 3.05) is 12.3 Å². The molecule has 4 N–H and O–H groups in total. The van der Waals surface area contributed by atoms with Crippen molar-refractivity contribution >= 4 is 11.6 Å². The molecule has 0 heterocycles. The molecule has 1 amide bonds. The molecule has 104 valence electrons. The molecule has 0 spiro atoms. The Morgan fingerprint density at radius 1 is 1.32 bits per heavy atom. The van der Waals surface area contributed by atoms with Gasteiger partial charge in [-0.2, -0.15) is 0 Å². The number of anilines is 1. The van der Waals surface area contributed by atoms with Crippen molar-refractivity contribution in [3.05, 3.63) is 24.3 Å². The highest BCUT2D eigenvalue weighted by Crippen LogP contribution is 2.18. The van der Waals surface area contributed by atoms with Crippen molar-refractivity contribution in [1.82, 2.24) is 5.32 Å². The monoisotopic (exact) mass is 264 g/mol. The first kappa shape index (κ1) is 13.7. The Bertz CT molecular complexity index is 419. The number of aliphatic hydroxyl groups excluding tert-OH is 1. The van der Waals surface area contributed by atoms with E-state index in [0.717, 1.165) is 25.7 Å². The van der Waals surface area contributed by atoms with Crippen LogP contribution in [0.2, 0.25) is 0 Å². The van der Waals surface area contributed by atoms with Gasteiger partial charge >= 0.3 is 0 Å². The second-order valence-electron chi connectivity index (χ2n) is 4.88. The average molecular weight is 264 g/mol. The van der Waals surface area contributed by atoms with E-state index in [1.165, 1.54) is 0 Å². The van der Waals surface area contributed by atoms with Crippen LogP contribution >= 0.6 is 0 Å². The summed E-state index contributed by atoms with van der Waals surface area (Å²) >= 11 is 0. The van der Waals surface area contributed by atoms with Crippen molar-refractivity contribution in [3.63, 3.8) is 0 Å². The summed E-state index contributed by atoms with van der Waals surface area (Å²) in [6, 6.07) is 6.74. The number of nitrogens with one attached hydrogen (secondary N) is 1. The summed E-state index contributed by atoms with van der Waals surface area (Å²) in [5, 5.41) is 12.6. The largest absolute Gasteiger partial charge is 0.484 e. The summed E-state index contributed by atoms with van der Waals surface area (Å²) in [4.78, 5) is 11.7. The van der Waals surface area contributed by atoms with Crippen molar-refractivity contribution in [3.8, 4) is 5.75 Å². The Morgan fingerprint density at radius 3 is 2.68 bits per heavy atom. The van der Waals surface area contributed by atoms with Crippen molar-refractivity contribution < 1.29 is 14.6 Å². The van der Waals surface area contributed by atoms with Crippen LogP contribution in [0.3, 0.4) is 0 Å². The van der Waals surface area contributed by atoms with Gasteiger partial charge in [0.05, 0.1) is 12.1 Å². The van der Waals surface area contributed by atoms with Gasteiger partial charge in [-0.25, -0.2) is 0 Å². The van der Waals surface area contributed by atoms with Gasteiger partial charge in [0.15, 0.2) is 6.61 Å². The standard InChI is InChI=1S/C14H20N2O3/c15-10-5-7-11(8-6-10)19-9-14(18)16-12-3-1-2-4-13(12)17/h5-8,12-13,17H,1-4,9,15H2,(H,16,18)/t12-,13-/m1/s1. The molecule has 0 aromatic heterocycles. The fraction of sp³-hybridized carbons (Fsp3) is 0.500. The van der Waals surface area contributed by atoms with Gasteiger partial charge in [0, 0.05) is 5.69 Å². The highest BCUT2D eigenvalue weighted by molar-refractivity contribution is 5.77. The van der Waals surface area contributed by atoms with Crippen LogP contribution in [-0.4, -0.2) is 29.8 Å². The summed E-state index contributed by atoms with van der Waals surface area (Å²) in [5.74, 6) is 0.399. The molecule has 0 unspecified atom stereocenters. The fourth-order valence-corrected chi connectivity index (χ4v) is 2.24. The van der Waals surface area contributed by atoms with E-state index in [2.05, 4.69) is 5.32 Å². The Hall–Kier alpha value is -1.75. The van der Waals surface area contributed by atoms with Gasteiger partial charge in [0.25, 0.3) is 5.91 Å². The highest BCUT2D eigenvalue weighted by atomic mass is 16.5. The maximum absolute atomic E-state index is 11.7. The number of nitrogens with two attached hydrogens (primary N) is 1. The van der Waals surface area contributed by atoms with Gasteiger partial charge in [-0.1, -0.05) is 12.8 Å². The zero-order valence-corrected chi connectivity index (χ0v) is 10.8. The molecule has 1 aliphatic carbocycles. The maximum atomic E-state index is 11.7. The van der Waals surface area contributed by atoms with Gasteiger partial charge in [-0.3, -0.25) is 4.79 Å². The van der Waals surface area contributed by atoms with Gasteiger partial charge < -0.3 is 20.9 Å². The van der Waals surface area contributed by atoms with E-state index in [-0.39, 0.29) is 18.6 Å². The first-order chi connectivity index (χ1) is 9.15. The van der Waals surface area contributed by atoms with Crippen LogP contribution in [0.5, 0.6) is 5.75 Å². The third-order valence-electron chi connectivity index (χ3n) is 3.33. The first-order valence-electron chi connectivity index (χ1n) is 6.61. The summed E-state index contributed by atoms with van der Waals surface area (Å²) in [7, 11) is 0. The predicted octanol–water partition coefficient (Wildman–Crippen LogP) is 1.07. The number of carbonyl (C=O) groups excluding carboxylic acids is 1. The molecule has 1 aliphatic rings. The zero-order chi connectivity index (χ0) is 13.7. The van der Waals surface area contributed by atoms with Crippen LogP contribution in [0.15, 0.2) is 24.3 Å². The Morgan fingerprint density at radius 2 is 2.00 bits per heavy atom. The van der Waals surface area contributed by atoms with E-state index in [1.54, 1.807) is 24.3 Å². The molecule has 0 radical (unpaired) electrons. The second kappa shape index (κ2) is 6.43. The lowest BCUT2D eigenvalue weighted by Crippen LogP contribution is -2.46. The van der Waals surface area contributed by atoms with Gasteiger partial charge in [-0.15, -0.1) is 0 Å². The molecule has 1 aromatic rings. The molecule has 1 saturated carbocycles. The summed E-state index contributed by atoms with van der Waals surface area (Å²) in [6.07, 6.45) is 3.21. The minimum Gasteiger partial charge on any atom is -0.484 e. The number of nitrogen functional groups attached to an aromatic ring is 1. The molecule has 0 bridgehead atoms. The summed E-state index contributed by atoms with van der Waals surface area (Å²) in [6.45, 7) is -0.0485. The third kappa shape index (κ3) is 4.13. The van der Waals surface area contributed by atoms with Crippen LogP contribution in [-0.2, 0) is 4.79 Å². The third-order valence-corrected chi connectivity index (χ3v) is 3.33. The number of benzene rings is 1. The second-order valence-corrected chi connectivity index (χ2v) is 4.88. The first-order valence-corrected chi connectivity index (χ1v) is 6.61. The zero-order valence-electron chi connectivity index (χ0n) is 10.8. The number of hydrogen-bond donors (Lipinski definition) is 3. The number of aliphatic hydroxyl groups is 1. The molecule has 0 saturated heterocycles. The van der Waals surface area contributed by atoms with E-state index in [4.69, 9.17) is 10.5 Å². The lowest BCUT2D eigenvalue weighted by atomic mass is 9.92. The van der Waals surface area contributed by atoms with Crippen LogP contribution in [0.1, 0.15) is 25.7 Å². The van der Waals surface area contributed by atoms with E-state index >= 15 is 0 Å². The fourth-order valence-electron chi connectivity index (χ4n) is 2.24. The number of ether oxygens (including phenoxy) is 1. The molecule has 5 nitrogen and oxygen atoms in total. The molecule has 2 atom stereocenters. The lowest BCUT2D eigenvalue weighted by Gasteiger charge is -2.28. The van der Waals surface area contributed by atoms with Crippen LogP contribution in [0.25, 0.3) is 0 Å². The molecule has 1 fully saturated rings. The Kier molecular flexibility index (Phi) is 4.63. The minimum absolute atomic E-state index is 0.0485. The average Bonchev–Trinajstić information content (AvgIpc) is 2.41. The molecule has 19 heavy (non-hydrogen) atoms. The topological polar surface area (TPSA) is 84.6 Å². The quantitative estimate of drug-likeness (QED) is 0.710. The van der Waals surface area contributed by atoms with Gasteiger partial charge in [-0.05, 0) is 37.1 Å². The molecular weight excluding hydrogens is 244 g/mol. The van der Waals surface area contributed by atoms with E-state index in [0.29, 0.717) is 11.4 Å². The van der Waals surface area contributed by atoms with Crippen LogP contribution < -0.4 is 15.8 Å². The van der Waals surface area contributed by atoms with E-state index in [9.17, 15) is 9.90 Å². The van der Waals surface area contributed by atoms with Crippen LogP contribution in [0.4, 0.5) is 5.69 Å². The Labute approximate surface area is 112 Å². The molecule has 5 heteroatoms. The summed E-state index contributed by atoms with van der Waals surface area (Å²) in [5.41, 5.74) is 6.21. The number of rotatable bonds is 4. The number of carbonyl (C=O) groups is 1. The predicted molar refractivity (Wildman–Crippen MR) is 72.8 cm³/mol. The summed E-state index contributed by atoms with van der Waals surface area (Å²) < 4.78 is 5.35. The van der Waals surface area contributed by atoms with E-state index < -0.39 is 6.10 Å². The normalized spacial score (nSPS) is 22.8. The van der Waals surface area contributed by atoms with Gasteiger partial charge in [0.2, 0.25) is 0 Å². The molecule has 2 rings (SSSR count). The molecule has 0 aliphatic heterocycles.